The van der Waals surface area contributed by atoms with Crippen LogP contribution in [0, 0.1) is 13.8 Å². The number of carbonyl (C=O) groups excluding carboxylic acids is 2. The summed E-state index contributed by atoms with van der Waals surface area (Å²) in [5.41, 5.74) is 1.62. The molecule has 0 radical (unpaired) electrons. The number of nitrogens with zero attached hydrogens (tertiary/aromatic N) is 5. The fourth-order valence-electron chi connectivity index (χ4n) is 3.75. The fourth-order valence-corrected chi connectivity index (χ4v) is 3.75. The Morgan fingerprint density at radius 2 is 1.77 bits per heavy atom. The largest absolute Gasteiger partial charge is 0.416 e. The van der Waals surface area contributed by atoms with E-state index in [-0.39, 0.29) is 29.2 Å². The summed E-state index contributed by atoms with van der Waals surface area (Å²) in [6.45, 7) is 3.70. The van der Waals surface area contributed by atoms with Gasteiger partial charge in [0.15, 0.2) is 0 Å². The number of Topliss-reactive ketones (excluding diaryl/α,β-unsaturated/α-hetero) is 1. The van der Waals surface area contributed by atoms with Crippen molar-refractivity contribution in [3.8, 4) is 5.69 Å². The maximum absolute atomic E-state index is 13.1. The SMILES string of the molecule is Cc1nn(-c2cccc(C(F)(F)F)c2)c(C)c1C(=O)C(=O)NCc1cccc(Cn2cncn2)c1. The molecule has 35 heavy (non-hydrogen) atoms. The summed E-state index contributed by atoms with van der Waals surface area (Å²) < 4.78 is 42.2. The minimum atomic E-state index is -4.52. The molecule has 11 heteroatoms. The van der Waals surface area contributed by atoms with Crippen LogP contribution in [0.15, 0.2) is 61.2 Å². The van der Waals surface area contributed by atoms with E-state index in [0.29, 0.717) is 6.54 Å². The molecule has 0 bridgehead atoms. The molecule has 2 aromatic heterocycles. The predicted octanol–water partition coefficient (Wildman–Crippen LogP) is 3.65. The molecular formula is C24H21F3N6O2. The van der Waals surface area contributed by atoms with Crippen LogP contribution in [-0.4, -0.2) is 36.2 Å². The first kappa shape index (κ1) is 23.9. The van der Waals surface area contributed by atoms with E-state index in [9.17, 15) is 22.8 Å². The molecule has 0 saturated carbocycles. The van der Waals surface area contributed by atoms with Gasteiger partial charge in [-0.15, -0.1) is 0 Å². The van der Waals surface area contributed by atoms with Crippen molar-refractivity contribution >= 4 is 11.7 Å². The van der Waals surface area contributed by atoms with E-state index < -0.39 is 23.4 Å². The van der Waals surface area contributed by atoms with Gasteiger partial charge in [0.1, 0.15) is 12.7 Å². The predicted molar refractivity (Wildman–Crippen MR) is 120 cm³/mol. The van der Waals surface area contributed by atoms with E-state index >= 15 is 0 Å². The molecule has 0 atom stereocenters. The Bertz CT molecular complexity index is 1380. The summed E-state index contributed by atoms with van der Waals surface area (Å²) in [4.78, 5) is 29.4. The average molecular weight is 482 g/mol. The van der Waals surface area contributed by atoms with Crippen molar-refractivity contribution in [2.45, 2.75) is 33.1 Å². The summed E-state index contributed by atoms with van der Waals surface area (Å²) in [5.74, 6) is -1.64. The molecule has 0 aliphatic rings. The molecule has 1 amide bonds. The van der Waals surface area contributed by atoms with Crippen molar-refractivity contribution in [3.05, 3.63) is 94.8 Å². The highest BCUT2D eigenvalue weighted by molar-refractivity contribution is 6.43. The van der Waals surface area contributed by atoms with Crippen molar-refractivity contribution in [1.29, 1.82) is 0 Å². The second-order valence-corrected chi connectivity index (χ2v) is 7.93. The van der Waals surface area contributed by atoms with Crippen LogP contribution in [0.2, 0.25) is 0 Å². The lowest BCUT2D eigenvalue weighted by atomic mass is 10.1. The number of alkyl halides is 3. The van der Waals surface area contributed by atoms with Crippen LogP contribution in [0.25, 0.3) is 5.69 Å². The number of rotatable bonds is 7. The van der Waals surface area contributed by atoms with Crippen molar-refractivity contribution in [3.63, 3.8) is 0 Å². The Labute approximate surface area is 198 Å². The normalized spacial score (nSPS) is 11.5. The van der Waals surface area contributed by atoms with Gasteiger partial charge < -0.3 is 5.32 Å². The second kappa shape index (κ2) is 9.53. The van der Waals surface area contributed by atoms with Gasteiger partial charge in [-0.25, -0.2) is 14.3 Å². The molecule has 0 unspecified atom stereocenters. The number of benzene rings is 2. The number of hydrogen-bond donors (Lipinski definition) is 1. The molecule has 1 N–H and O–H groups in total. The lowest BCUT2D eigenvalue weighted by molar-refractivity contribution is -0.137. The zero-order valence-electron chi connectivity index (χ0n) is 18.9. The Morgan fingerprint density at radius 3 is 2.49 bits per heavy atom. The summed E-state index contributed by atoms with van der Waals surface area (Å²) in [7, 11) is 0. The highest BCUT2D eigenvalue weighted by atomic mass is 19.4. The van der Waals surface area contributed by atoms with Gasteiger partial charge in [-0.3, -0.25) is 9.59 Å². The molecule has 2 heterocycles. The maximum atomic E-state index is 13.1. The molecule has 2 aromatic carbocycles. The van der Waals surface area contributed by atoms with Crippen LogP contribution in [0.3, 0.4) is 0 Å². The number of aromatic nitrogens is 5. The topological polar surface area (TPSA) is 94.7 Å². The van der Waals surface area contributed by atoms with E-state index in [1.807, 2.05) is 24.3 Å². The molecule has 0 fully saturated rings. The zero-order chi connectivity index (χ0) is 25.2. The standard InChI is InChI=1S/C24H21F3N6O2/c1-15-21(16(2)33(31-15)20-8-4-7-19(10-20)24(25,26)27)22(34)23(35)29-11-17-5-3-6-18(9-17)12-32-14-28-13-30-32/h3-10,13-14H,11-12H2,1-2H3,(H,29,35). The first-order valence-electron chi connectivity index (χ1n) is 10.6. The van der Waals surface area contributed by atoms with Gasteiger partial charge in [0, 0.05) is 6.54 Å². The third-order valence-electron chi connectivity index (χ3n) is 5.40. The van der Waals surface area contributed by atoms with Gasteiger partial charge in [0.05, 0.1) is 34.7 Å². The lowest BCUT2D eigenvalue weighted by Gasteiger charge is -2.10. The summed E-state index contributed by atoms with van der Waals surface area (Å²) >= 11 is 0. The first-order valence-corrected chi connectivity index (χ1v) is 10.6. The minimum absolute atomic E-state index is 0.0554. The molecule has 4 rings (SSSR count). The van der Waals surface area contributed by atoms with Crippen LogP contribution in [0.1, 0.15) is 38.4 Å². The van der Waals surface area contributed by atoms with Crippen LogP contribution >= 0.6 is 0 Å². The minimum Gasteiger partial charge on any atom is -0.345 e. The summed E-state index contributed by atoms with van der Waals surface area (Å²) in [6.07, 6.45) is -1.48. The number of ketones is 1. The number of halogens is 3. The van der Waals surface area contributed by atoms with Gasteiger partial charge in [-0.1, -0.05) is 30.3 Å². The second-order valence-electron chi connectivity index (χ2n) is 7.93. The van der Waals surface area contributed by atoms with E-state index in [1.54, 1.807) is 11.0 Å². The van der Waals surface area contributed by atoms with E-state index in [4.69, 9.17) is 0 Å². The van der Waals surface area contributed by atoms with Crippen LogP contribution in [0.5, 0.6) is 0 Å². The highest BCUT2D eigenvalue weighted by Gasteiger charge is 2.31. The fraction of sp³-hybridized carbons (Fsp3) is 0.208. The Morgan fingerprint density at radius 1 is 1.03 bits per heavy atom. The maximum Gasteiger partial charge on any atom is 0.416 e. The van der Waals surface area contributed by atoms with Gasteiger partial charge in [0.2, 0.25) is 0 Å². The van der Waals surface area contributed by atoms with E-state index in [0.717, 1.165) is 23.3 Å². The zero-order valence-corrected chi connectivity index (χ0v) is 18.9. The number of aryl methyl sites for hydroxylation is 1. The van der Waals surface area contributed by atoms with Crippen LogP contribution < -0.4 is 5.32 Å². The smallest absolute Gasteiger partial charge is 0.345 e. The van der Waals surface area contributed by atoms with Crippen molar-refractivity contribution < 1.29 is 22.8 Å². The summed E-state index contributed by atoms with van der Waals surface area (Å²) in [6, 6.07) is 12.1. The average Bonchev–Trinajstić information content (AvgIpc) is 3.44. The Hall–Kier alpha value is -4.28. The molecule has 0 saturated heterocycles. The molecular weight excluding hydrogens is 461 g/mol. The van der Waals surface area contributed by atoms with E-state index in [2.05, 4.69) is 20.5 Å². The molecule has 4 aromatic rings. The van der Waals surface area contributed by atoms with Crippen molar-refractivity contribution in [2.75, 3.05) is 0 Å². The molecule has 0 aliphatic carbocycles. The molecule has 0 spiro atoms. The molecule has 8 nitrogen and oxygen atoms in total. The van der Waals surface area contributed by atoms with Gasteiger partial charge in [0.25, 0.3) is 11.7 Å². The van der Waals surface area contributed by atoms with Gasteiger partial charge >= 0.3 is 6.18 Å². The molecule has 0 aliphatic heterocycles. The van der Waals surface area contributed by atoms with Gasteiger partial charge in [-0.05, 0) is 43.2 Å². The van der Waals surface area contributed by atoms with Crippen LogP contribution in [0.4, 0.5) is 13.2 Å². The Kier molecular flexibility index (Phi) is 6.50. The van der Waals surface area contributed by atoms with Crippen molar-refractivity contribution in [1.82, 2.24) is 29.9 Å². The number of nitrogens with one attached hydrogen (secondary N) is 1. The highest BCUT2D eigenvalue weighted by Crippen LogP contribution is 2.31. The molecule has 180 valence electrons. The van der Waals surface area contributed by atoms with Crippen LogP contribution in [-0.2, 0) is 24.1 Å². The van der Waals surface area contributed by atoms with E-state index in [1.165, 1.54) is 37.0 Å². The quantitative estimate of drug-likeness (QED) is 0.321. The monoisotopic (exact) mass is 482 g/mol. The number of carbonyl (C=O) groups is 2. The number of amides is 1. The lowest BCUT2D eigenvalue weighted by Crippen LogP contribution is -2.31. The van der Waals surface area contributed by atoms with Gasteiger partial charge in [-0.2, -0.15) is 23.4 Å². The Balaban J connectivity index is 1.48. The van der Waals surface area contributed by atoms with Crippen molar-refractivity contribution in [2.24, 2.45) is 0 Å². The third kappa shape index (κ3) is 5.29. The third-order valence-corrected chi connectivity index (χ3v) is 5.40. The summed E-state index contributed by atoms with van der Waals surface area (Å²) in [5, 5.41) is 10.9. The number of hydrogen-bond acceptors (Lipinski definition) is 5. The first-order chi connectivity index (χ1) is 16.6.